The van der Waals surface area contributed by atoms with Crippen LogP contribution in [-0.2, 0) is 0 Å². The van der Waals surface area contributed by atoms with E-state index in [4.69, 9.17) is 4.74 Å². The van der Waals surface area contributed by atoms with Gasteiger partial charge in [0.1, 0.15) is 0 Å². The fourth-order valence-electron chi connectivity index (χ4n) is 2.90. The fourth-order valence-corrected chi connectivity index (χ4v) is 2.90. The second-order valence-electron chi connectivity index (χ2n) is 5.69. The number of aromatic carboxylic acids is 1. The van der Waals surface area contributed by atoms with Gasteiger partial charge in [-0.25, -0.2) is 14.2 Å². The van der Waals surface area contributed by atoms with Crippen molar-refractivity contribution in [2.24, 2.45) is 0 Å². The highest BCUT2D eigenvalue weighted by molar-refractivity contribution is 6.05. The van der Waals surface area contributed by atoms with Gasteiger partial charge < -0.3 is 9.84 Å². The summed E-state index contributed by atoms with van der Waals surface area (Å²) in [5.41, 5.74) is 3.48. The molecule has 3 rings (SSSR count). The fraction of sp³-hybridized carbons (Fsp3) is 0.158. The van der Waals surface area contributed by atoms with Crippen LogP contribution in [0.2, 0.25) is 0 Å². The number of hydrogen-bond donors (Lipinski definition) is 1. The molecule has 0 radical (unpaired) electrons. The van der Waals surface area contributed by atoms with Gasteiger partial charge in [0.25, 0.3) is 0 Å². The maximum Gasteiger partial charge on any atom is 0.336 e. The Morgan fingerprint density at radius 3 is 2.54 bits per heavy atom. The summed E-state index contributed by atoms with van der Waals surface area (Å²) in [5.74, 6) is -1.43. The molecule has 0 fully saturated rings. The van der Waals surface area contributed by atoms with Gasteiger partial charge >= 0.3 is 5.97 Å². The summed E-state index contributed by atoms with van der Waals surface area (Å²) < 4.78 is 18.9. The highest BCUT2D eigenvalue weighted by Crippen LogP contribution is 2.30. The van der Waals surface area contributed by atoms with Gasteiger partial charge in [-0.1, -0.05) is 6.07 Å². The van der Waals surface area contributed by atoms with Crippen LogP contribution in [0.5, 0.6) is 5.75 Å². The highest BCUT2D eigenvalue weighted by atomic mass is 19.1. The molecule has 0 saturated carbocycles. The molecule has 0 amide bonds. The Hall–Kier alpha value is -2.95. The smallest absolute Gasteiger partial charge is 0.336 e. The Morgan fingerprint density at radius 1 is 1.17 bits per heavy atom. The number of carboxylic acids is 1. The standard InChI is InChI=1S/C19H16FNO3/c1-10-6-11(2)18-13(19(22)23)9-15(21-16(18)7-10)12-4-5-17(24-3)14(20)8-12/h4-9H,1-3H3,(H,22,23). The third-order valence-electron chi connectivity index (χ3n) is 3.93. The van der Waals surface area contributed by atoms with Crippen LogP contribution in [0, 0.1) is 19.7 Å². The van der Waals surface area contributed by atoms with E-state index in [1.54, 1.807) is 6.07 Å². The third-order valence-corrected chi connectivity index (χ3v) is 3.93. The van der Waals surface area contributed by atoms with E-state index in [1.165, 1.54) is 25.3 Å². The minimum atomic E-state index is -1.04. The quantitative estimate of drug-likeness (QED) is 0.777. The van der Waals surface area contributed by atoms with Gasteiger partial charge in [-0.3, -0.25) is 0 Å². The van der Waals surface area contributed by atoms with E-state index in [0.29, 0.717) is 22.2 Å². The molecule has 24 heavy (non-hydrogen) atoms. The first-order valence-electron chi connectivity index (χ1n) is 7.40. The average molecular weight is 325 g/mol. The number of methoxy groups -OCH3 is 1. The summed E-state index contributed by atoms with van der Waals surface area (Å²) in [6.07, 6.45) is 0. The predicted octanol–water partition coefficient (Wildman–Crippen LogP) is 4.36. The minimum Gasteiger partial charge on any atom is -0.494 e. The molecule has 0 spiro atoms. The van der Waals surface area contributed by atoms with Crippen LogP contribution in [0.25, 0.3) is 22.2 Å². The van der Waals surface area contributed by atoms with Crippen LogP contribution in [0.15, 0.2) is 36.4 Å². The molecule has 1 N–H and O–H groups in total. The lowest BCUT2D eigenvalue weighted by Gasteiger charge is -2.11. The van der Waals surface area contributed by atoms with Crippen molar-refractivity contribution in [2.45, 2.75) is 13.8 Å². The number of hydrogen-bond acceptors (Lipinski definition) is 3. The normalized spacial score (nSPS) is 10.8. The first kappa shape index (κ1) is 15.9. The maximum atomic E-state index is 14.0. The van der Waals surface area contributed by atoms with Crippen molar-refractivity contribution in [3.63, 3.8) is 0 Å². The van der Waals surface area contributed by atoms with Crippen LogP contribution >= 0.6 is 0 Å². The molecule has 5 heteroatoms. The van der Waals surface area contributed by atoms with Crippen molar-refractivity contribution < 1.29 is 19.0 Å². The van der Waals surface area contributed by atoms with Crippen LogP contribution < -0.4 is 4.74 Å². The van der Waals surface area contributed by atoms with Gasteiger partial charge in [-0.05, 0) is 55.3 Å². The Balaban J connectivity index is 2.30. The van der Waals surface area contributed by atoms with Crippen molar-refractivity contribution in [1.82, 2.24) is 4.98 Å². The summed E-state index contributed by atoms with van der Waals surface area (Å²) in [7, 11) is 1.39. The summed E-state index contributed by atoms with van der Waals surface area (Å²) in [6, 6.07) is 9.68. The van der Waals surface area contributed by atoms with Gasteiger partial charge in [-0.15, -0.1) is 0 Å². The number of benzene rings is 2. The zero-order valence-electron chi connectivity index (χ0n) is 13.6. The summed E-state index contributed by atoms with van der Waals surface area (Å²) in [6.45, 7) is 3.78. The number of aryl methyl sites for hydroxylation is 2. The number of ether oxygens (including phenoxy) is 1. The van der Waals surface area contributed by atoms with Crippen molar-refractivity contribution in [3.8, 4) is 17.0 Å². The molecule has 3 aromatic rings. The molecule has 1 heterocycles. The first-order chi connectivity index (χ1) is 11.4. The molecule has 0 aliphatic heterocycles. The minimum absolute atomic E-state index is 0.129. The third kappa shape index (κ3) is 2.69. The SMILES string of the molecule is COc1ccc(-c2cc(C(=O)O)c3c(C)cc(C)cc3n2)cc1F. The van der Waals surface area contributed by atoms with Gasteiger partial charge in [0, 0.05) is 10.9 Å². The second-order valence-corrected chi connectivity index (χ2v) is 5.69. The van der Waals surface area contributed by atoms with Crippen molar-refractivity contribution in [2.75, 3.05) is 7.11 Å². The van der Waals surface area contributed by atoms with Crippen LogP contribution in [0.4, 0.5) is 4.39 Å². The summed E-state index contributed by atoms with van der Waals surface area (Å²) in [4.78, 5) is 16.2. The van der Waals surface area contributed by atoms with E-state index in [-0.39, 0.29) is 11.3 Å². The van der Waals surface area contributed by atoms with E-state index in [1.807, 2.05) is 26.0 Å². The van der Waals surface area contributed by atoms with Crippen LogP contribution in [-0.4, -0.2) is 23.2 Å². The summed E-state index contributed by atoms with van der Waals surface area (Å²) in [5, 5.41) is 10.2. The number of pyridine rings is 1. The van der Waals surface area contributed by atoms with E-state index in [9.17, 15) is 14.3 Å². The topological polar surface area (TPSA) is 59.4 Å². The average Bonchev–Trinajstić information content (AvgIpc) is 2.53. The summed E-state index contributed by atoms with van der Waals surface area (Å²) >= 11 is 0. The Morgan fingerprint density at radius 2 is 1.92 bits per heavy atom. The molecule has 0 saturated heterocycles. The van der Waals surface area contributed by atoms with Gasteiger partial charge in [0.15, 0.2) is 11.6 Å². The van der Waals surface area contributed by atoms with Crippen LogP contribution in [0.3, 0.4) is 0 Å². The molecular formula is C19H16FNO3. The molecule has 0 bridgehead atoms. The van der Waals surface area contributed by atoms with Crippen molar-refractivity contribution in [1.29, 1.82) is 0 Å². The van der Waals surface area contributed by atoms with E-state index in [0.717, 1.165) is 11.1 Å². The molecule has 4 nitrogen and oxygen atoms in total. The lowest BCUT2D eigenvalue weighted by molar-refractivity contribution is 0.0699. The zero-order valence-corrected chi connectivity index (χ0v) is 13.6. The van der Waals surface area contributed by atoms with E-state index < -0.39 is 11.8 Å². The van der Waals surface area contributed by atoms with Crippen LogP contribution in [0.1, 0.15) is 21.5 Å². The van der Waals surface area contributed by atoms with Gasteiger partial charge in [-0.2, -0.15) is 0 Å². The molecular weight excluding hydrogens is 309 g/mol. The van der Waals surface area contributed by atoms with Gasteiger partial charge in [0.05, 0.1) is 23.9 Å². The van der Waals surface area contributed by atoms with Crippen molar-refractivity contribution >= 4 is 16.9 Å². The first-order valence-corrected chi connectivity index (χ1v) is 7.40. The zero-order chi connectivity index (χ0) is 17.4. The second kappa shape index (κ2) is 5.92. The lowest BCUT2D eigenvalue weighted by Crippen LogP contribution is -2.02. The Labute approximate surface area is 138 Å². The monoisotopic (exact) mass is 325 g/mol. The number of halogens is 1. The van der Waals surface area contributed by atoms with E-state index >= 15 is 0 Å². The largest absolute Gasteiger partial charge is 0.494 e. The molecule has 122 valence electrons. The number of carbonyl (C=O) groups is 1. The van der Waals surface area contributed by atoms with Gasteiger partial charge in [0.2, 0.25) is 0 Å². The molecule has 0 atom stereocenters. The molecule has 1 aromatic heterocycles. The number of fused-ring (bicyclic) bond motifs is 1. The molecule has 0 aliphatic carbocycles. The Kier molecular flexibility index (Phi) is 3.93. The number of aromatic nitrogens is 1. The number of carboxylic acid groups (broad SMARTS) is 1. The lowest BCUT2D eigenvalue weighted by atomic mass is 9.99. The molecule has 2 aromatic carbocycles. The van der Waals surface area contributed by atoms with E-state index in [2.05, 4.69) is 4.98 Å². The van der Waals surface area contributed by atoms with Crippen molar-refractivity contribution in [3.05, 3.63) is 58.9 Å². The number of rotatable bonds is 3. The predicted molar refractivity (Wildman–Crippen MR) is 90.1 cm³/mol. The molecule has 0 unspecified atom stereocenters. The maximum absolute atomic E-state index is 14.0. The molecule has 0 aliphatic rings. The highest BCUT2D eigenvalue weighted by Gasteiger charge is 2.16. The Bertz CT molecular complexity index is 966. The number of nitrogens with zero attached hydrogens (tertiary/aromatic N) is 1.